The molecule has 2 heterocycles. The molecule has 2 bridgehead atoms. The van der Waals surface area contributed by atoms with E-state index in [2.05, 4.69) is 0 Å². The van der Waals surface area contributed by atoms with Crippen molar-refractivity contribution in [2.24, 2.45) is 17.3 Å². The van der Waals surface area contributed by atoms with Gasteiger partial charge < -0.3 is 9.47 Å². The summed E-state index contributed by atoms with van der Waals surface area (Å²) in [4.78, 5) is 39.0. The second kappa shape index (κ2) is 5.41. The van der Waals surface area contributed by atoms with Gasteiger partial charge in [-0.2, -0.15) is 0 Å². The van der Waals surface area contributed by atoms with E-state index in [0.29, 0.717) is 12.0 Å². The molecule has 3 fully saturated rings. The van der Waals surface area contributed by atoms with E-state index in [-0.39, 0.29) is 24.0 Å². The maximum atomic E-state index is 13.1. The molecule has 1 aliphatic carbocycles. The van der Waals surface area contributed by atoms with Crippen molar-refractivity contribution in [3.05, 3.63) is 35.9 Å². The maximum absolute atomic E-state index is 13.1. The Morgan fingerprint density at radius 3 is 2.38 bits per heavy atom. The van der Waals surface area contributed by atoms with Crippen molar-refractivity contribution in [3.63, 3.8) is 0 Å². The first-order valence-electron chi connectivity index (χ1n) is 9.23. The first-order chi connectivity index (χ1) is 12.2. The maximum Gasteiger partial charge on any atom is 0.324 e. The highest BCUT2D eigenvalue weighted by Crippen LogP contribution is 2.60. The van der Waals surface area contributed by atoms with Crippen LogP contribution in [0.1, 0.15) is 56.8 Å². The smallest absolute Gasteiger partial charge is 0.324 e. The zero-order chi connectivity index (χ0) is 18.7. The van der Waals surface area contributed by atoms with Gasteiger partial charge in [-0.05, 0) is 46.0 Å². The number of hydrogen-bond acceptors (Lipinski definition) is 5. The molecule has 2 saturated heterocycles. The second-order valence-corrected chi connectivity index (χ2v) is 8.73. The topological polar surface area (TPSA) is 69.7 Å². The number of carbonyl (C=O) groups excluding carboxylic acids is 3. The molecule has 5 nitrogen and oxygen atoms in total. The molecule has 0 N–H and O–H groups in total. The van der Waals surface area contributed by atoms with E-state index in [1.165, 1.54) is 0 Å². The summed E-state index contributed by atoms with van der Waals surface area (Å²) in [6.07, 6.45) is 1.98. The molecule has 1 aromatic rings. The number of cyclic esters (lactones) is 1. The van der Waals surface area contributed by atoms with Crippen molar-refractivity contribution < 1.29 is 23.9 Å². The Bertz CT molecular complexity index is 773. The Morgan fingerprint density at radius 1 is 1.04 bits per heavy atom. The monoisotopic (exact) mass is 356 g/mol. The van der Waals surface area contributed by atoms with Crippen LogP contribution in [-0.2, 0) is 19.1 Å². The lowest BCUT2D eigenvalue weighted by Crippen LogP contribution is -2.68. The van der Waals surface area contributed by atoms with Crippen LogP contribution in [0.3, 0.4) is 0 Å². The van der Waals surface area contributed by atoms with Gasteiger partial charge in [0.1, 0.15) is 11.2 Å². The van der Waals surface area contributed by atoms with E-state index in [9.17, 15) is 14.4 Å². The van der Waals surface area contributed by atoms with Crippen LogP contribution in [0.15, 0.2) is 30.3 Å². The molecule has 1 saturated carbocycles. The number of benzene rings is 1. The molecule has 3 aliphatic rings. The summed E-state index contributed by atoms with van der Waals surface area (Å²) in [5, 5.41) is 0. The summed E-state index contributed by atoms with van der Waals surface area (Å²) < 4.78 is 11.4. The van der Waals surface area contributed by atoms with Gasteiger partial charge in [-0.1, -0.05) is 30.3 Å². The van der Waals surface area contributed by atoms with Crippen LogP contribution in [0.25, 0.3) is 0 Å². The van der Waals surface area contributed by atoms with Crippen molar-refractivity contribution in [2.45, 2.75) is 57.7 Å². The largest absolute Gasteiger partial charge is 0.458 e. The molecule has 4 atom stereocenters. The molecule has 0 radical (unpaired) electrons. The lowest BCUT2D eigenvalue weighted by Gasteiger charge is -2.59. The number of ether oxygens (including phenoxy) is 2. The molecule has 4 unspecified atom stereocenters. The minimum absolute atomic E-state index is 0.0460. The summed E-state index contributed by atoms with van der Waals surface area (Å²) in [5.74, 6) is -1.61. The summed E-state index contributed by atoms with van der Waals surface area (Å²) >= 11 is 0. The van der Waals surface area contributed by atoms with Crippen molar-refractivity contribution >= 4 is 17.7 Å². The number of rotatable bonds is 3. The zero-order valence-corrected chi connectivity index (χ0v) is 15.4. The van der Waals surface area contributed by atoms with E-state index >= 15 is 0 Å². The lowest BCUT2D eigenvalue weighted by molar-refractivity contribution is -0.249. The van der Waals surface area contributed by atoms with Gasteiger partial charge in [-0.3, -0.25) is 14.4 Å². The van der Waals surface area contributed by atoms with Crippen molar-refractivity contribution in [1.29, 1.82) is 0 Å². The fraction of sp³-hybridized carbons (Fsp3) is 0.571. The first-order valence-corrected chi connectivity index (χ1v) is 9.23. The third kappa shape index (κ3) is 2.32. The minimum atomic E-state index is -1.52. The Morgan fingerprint density at radius 2 is 1.69 bits per heavy atom. The third-order valence-electron chi connectivity index (χ3n) is 6.61. The molecule has 1 aromatic carbocycles. The first kappa shape index (κ1) is 17.3. The molecule has 4 rings (SSSR count). The quantitative estimate of drug-likeness (QED) is 0.472. The number of fused-ring (bicyclic) bond motifs is 1. The van der Waals surface area contributed by atoms with Gasteiger partial charge in [0.15, 0.2) is 11.2 Å². The summed E-state index contributed by atoms with van der Waals surface area (Å²) in [6.45, 7) is 5.74. The Balaban J connectivity index is 1.77. The number of carbonyl (C=O) groups is 3. The van der Waals surface area contributed by atoms with E-state index in [4.69, 9.17) is 9.47 Å². The predicted octanol–water partition coefficient (Wildman–Crippen LogP) is 3.31. The van der Waals surface area contributed by atoms with Gasteiger partial charge in [0.25, 0.3) is 0 Å². The van der Waals surface area contributed by atoms with Crippen LogP contribution in [0.5, 0.6) is 0 Å². The molecule has 138 valence electrons. The fourth-order valence-electron chi connectivity index (χ4n) is 5.18. The van der Waals surface area contributed by atoms with Gasteiger partial charge in [0, 0.05) is 17.9 Å². The Kier molecular flexibility index (Phi) is 3.59. The second-order valence-electron chi connectivity index (χ2n) is 8.73. The number of Topliss-reactive ketones (excluding diaryl/α,β-unsaturated/α-hetero) is 1. The normalized spacial score (nSPS) is 37.5. The van der Waals surface area contributed by atoms with E-state index in [1.54, 1.807) is 24.3 Å². The van der Waals surface area contributed by atoms with Crippen LogP contribution in [0.4, 0.5) is 0 Å². The third-order valence-corrected chi connectivity index (χ3v) is 6.61. The van der Waals surface area contributed by atoms with Crippen LogP contribution >= 0.6 is 0 Å². The standard InChI is InChI=1S/C21H24O5/c1-19(2)14-9-10-20(3)11-15(14)21(17(23)25-19,18(24)26-20)12-16(22)13-7-5-4-6-8-13/h4-8,14-15H,9-12H2,1-3H3. The average Bonchev–Trinajstić information content (AvgIpc) is 2.57. The Hall–Kier alpha value is -2.17. The Labute approximate surface area is 153 Å². The van der Waals surface area contributed by atoms with Gasteiger partial charge in [-0.15, -0.1) is 0 Å². The molecule has 26 heavy (non-hydrogen) atoms. The van der Waals surface area contributed by atoms with Crippen molar-refractivity contribution in [3.8, 4) is 0 Å². The molecular weight excluding hydrogens is 332 g/mol. The van der Waals surface area contributed by atoms with Crippen LogP contribution in [0.2, 0.25) is 0 Å². The van der Waals surface area contributed by atoms with Gasteiger partial charge in [-0.25, -0.2) is 0 Å². The van der Waals surface area contributed by atoms with Crippen molar-refractivity contribution in [1.82, 2.24) is 0 Å². The lowest BCUT2D eigenvalue weighted by atomic mass is 9.52. The van der Waals surface area contributed by atoms with Crippen LogP contribution in [0, 0.1) is 17.3 Å². The molecule has 5 heteroatoms. The molecule has 0 spiro atoms. The summed E-state index contributed by atoms with van der Waals surface area (Å²) in [6, 6.07) is 8.77. The molecule has 0 aromatic heterocycles. The fourth-order valence-corrected chi connectivity index (χ4v) is 5.18. The highest BCUT2D eigenvalue weighted by molar-refractivity contribution is 6.08. The average molecular weight is 356 g/mol. The van der Waals surface area contributed by atoms with E-state index in [0.717, 1.165) is 12.8 Å². The van der Waals surface area contributed by atoms with Crippen LogP contribution in [-0.4, -0.2) is 28.9 Å². The SMILES string of the molecule is CC12CCC3C(C1)C(CC(=O)c1ccccc1)(C(=O)O2)C(=O)OC3(C)C. The van der Waals surface area contributed by atoms with E-state index in [1.807, 2.05) is 26.8 Å². The van der Waals surface area contributed by atoms with E-state index < -0.39 is 28.6 Å². The number of esters is 2. The van der Waals surface area contributed by atoms with Gasteiger partial charge >= 0.3 is 11.9 Å². The molecule has 0 amide bonds. The highest BCUT2D eigenvalue weighted by Gasteiger charge is 2.70. The summed E-state index contributed by atoms with van der Waals surface area (Å²) in [5.41, 5.74) is -2.22. The van der Waals surface area contributed by atoms with Crippen LogP contribution < -0.4 is 0 Å². The minimum Gasteiger partial charge on any atom is -0.458 e. The van der Waals surface area contributed by atoms with Gasteiger partial charge in [0.2, 0.25) is 0 Å². The van der Waals surface area contributed by atoms with Gasteiger partial charge in [0.05, 0.1) is 0 Å². The van der Waals surface area contributed by atoms with Crippen molar-refractivity contribution in [2.75, 3.05) is 0 Å². The number of ketones is 1. The number of hydrogen-bond donors (Lipinski definition) is 0. The highest BCUT2D eigenvalue weighted by atomic mass is 16.6. The molecule has 2 aliphatic heterocycles. The summed E-state index contributed by atoms with van der Waals surface area (Å²) in [7, 11) is 0. The predicted molar refractivity (Wildman–Crippen MR) is 93.3 cm³/mol. The zero-order valence-electron chi connectivity index (χ0n) is 15.4. The molecular formula is C21H24O5.